The van der Waals surface area contributed by atoms with E-state index in [1.54, 1.807) is 24.7 Å². The number of hydrogen-bond donors (Lipinski definition) is 2. The Balaban J connectivity index is 1.37. The van der Waals surface area contributed by atoms with Crippen LogP contribution in [0.4, 0.5) is 5.82 Å². The molecule has 1 amide bonds. The van der Waals surface area contributed by atoms with Crippen LogP contribution in [0, 0.1) is 0 Å². The highest BCUT2D eigenvalue weighted by Crippen LogP contribution is 2.18. The number of carbonyl (C=O) groups is 1. The van der Waals surface area contributed by atoms with Crippen molar-refractivity contribution in [2.45, 2.75) is 18.6 Å². The van der Waals surface area contributed by atoms with E-state index in [9.17, 15) is 4.79 Å². The molecule has 8 nitrogen and oxygen atoms in total. The van der Waals surface area contributed by atoms with Crippen LogP contribution in [-0.4, -0.2) is 59.5 Å². The summed E-state index contributed by atoms with van der Waals surface area (Å²) < 4.78 is 11.2. The van der Waals surface area contributed by atoms with Gasteiger partial charge in [-0.05, 0) is 18.6 Å². The van der Waals surface area contributed by atoms with Crippen LogP contribution in [0.5, 0.6) is 5.75 Å². The van der Waals surface area contributed by atoms with Gasteiger partial charge in [-0.3, -0.25) is 9.89 Å². The first kappa shape index (κ1) is 14.9. The van der Waals surface area contributed by atoms with Crippen LogP contribution in [0.3, 0.4) is 0 Å². The SMILES string of the molecule is O=C(N[C@H]1COC[C@H]1Oc1cn[nH]c1)c1ccc(N2CCC2)nc1. The Morgan fingerprint density at radius 2 is 2.25 bits per heavy atom. The molecule has 2 N–H and O–H groups in total. The zero-order valence-electron chi connectivity index (χ0n) is 13.1. The van der Waals surface area contributed by atoms with Crippen molar-refractivity contribution in [2.24, 2.45) is 0 Å². The van der Waals surface area contributed by atoms with E-state index < -0.39 is 0 Å². The van der Waals surface area contributed by atoms with Crippen LogP contribution in [0.2, 0.25) is 0 Å². The molecule has 0 spiro atoms. The maximum absolute atomic E-state index is 12.4. The third-order valence-electron chi connectivity index (χ3n) is 4.30. The number of amides is 1. The molecule has 2 atom stereocenters. The summed E-state index contributed by atoms with van der Waals surface area (Å²) in [5.41, 5.74) is 0.535. The lowest BCUT2D eigenvalue weighted by molar-refractivity contribution is 0.0904. The predicted octanol–water partition coefficient (Wildman–Crippen LogP) is 0.591. The van der Waals surface area contributed by atoms with Gasteiger partial charge in [-0.15, -0.1) is 0 Å². The van der Waals surface area contributed by atoms with Crippen molar-refractivity contribution in [2.75, 3.05) is 31.2 Å². The number of carbonyl (C=O) groups excluding carboxylic acids is 1. The summed E-state index contributed by atoms with van der Waals surface area (Å²) in [5, 5.41) is 9.50. The average molecular weight is 329 g/mol. The Kier molecular flexibility index (Phi) is 4.04. The molecule has 2 aliphatic rings. The highest BCUT2D eigenvalue weighted by atomic mass is 16.5. The van der Waals surface area contributed by atoms with E-state index in [1.807, 2.05) is 6.07 Å². The van der Waals surface area contributed by atoms with E-state index in [4.69, 9.17) is 9.47 Å². The summed E-state index contributed by atoms with van der Waals surface area (Å²) in [4.78, 5) is 19.0. The van der Waals surface area contributed by atoms with Gasteiger partial charge in [0.15, 0.2) is 5.75 Å². The number of aromatic amines is 1. The molecule has 2 fully saturated rings. The first-order valence-electron chi connectivity index (χ1n) is 8.04. The van der Waals surface area contributed by atoms with Gasteiger partial charge in [-0.2, -0.15) is 5.10 Å². The van der Waals surface area contributed by atoms with Crippen molar-refractivity contribution in [3.05, 3.63) is 36.3 Å². The Hall–Kier alpha value is -2.61. The summed E-state index contributed by atoms with van der Waals surface area (Å²) in [6, 6.07) is 3.48. The molecule has 4 rings (SSSR count). The normalized spacial score (nSPS) is 22.9. The van der Waals surface area contributed by atoms with Gasteiger partial charge in [0.25, 0.3) is 5.91 Å². The lowest BCUT2D eigenvalue weighted by Gasteiger charge is -2.31. The van der Waals surface area contributed by atoms with Crippen molar-refractivity contribution in [1.29, 1.82) is 0 Å². The van der Waals surface area contributed by atoms with Crippen molar-refractivity contribution in [3.63, 3.8) is 0 Å². The zero-order chi connectivity index (χ0) is 16.4. The fourth-order valence-corrected chi connectivity index (χ4v) is 2.77. The minimum Gasteiger partial charge on any atom is -0.482 e. The van der Waals surface area contributed by atoms with E-state index in [2.05, 4.69) is 25.4 Å². The van der Waals surface area contributed by atoms with Gasteiger partial charge >= 0.3 is 0 Å². The number of rotatable bonds is 5. The van der Waals surface area contributed by atoms with Crippen molar-refractivity contribution in [1.82, 2.24) is 20.5 Å². The summed E-state index contributed by atoms with van der Waals surface area (Å²) in [6.07, 6.45) is 5.83. The van der Waals surface area contributed by atoms with Crippen molar-refractivity contribution < 1.29 is 14.3 Å². The Labute approximate surface area is 139 Å². The molecule has 0 radical (unpaired) electrons. The maximum Gasteiger partial charge on any atom is 0.253 e. The van der Waals surface area contributed by atoms with E-state index in [0.717, 1.165) is 18.9 Å². The van der Waals surface area contributed by atoms with Gasteiger partial charge < -0.3 is 19.7 Å². The van der Waals surface area contributed by atoms with Gasteiger partial charge in [0.2, 0.25) is 0 Å². The minimum atomic E-state index is -0.236. The third-order valence-corrected chi connectivity index (χ3v) is 4.30. The summed E-state index contributed by atoms with van der Waals surface area (Å²) >= 11 is 0. The highest BCUT2D eigenvalue weighted by Gasteiger charge is 2.32. The molecule has 0 saturated carbocycles. The number of anilines is 1. The van der Waals surface area contributed by atoms with E-state index >= 15 is 0 Å². The van der Waals surface area contributed by atoms with Crippen LogP contribution in [0.25, 0.3) is 0 Å². The molecule has 2 saturated heterocycles. The second kappa shape index (κ2) is 6.48. The standard InChI is InChI=1S/C16H19N5O3/c22-16(11-2-3-15(17-6-11)21-4-1-5-21)20-13-9-23-10-14(13)24-12-7-18-19-8-12/h2-3,6-8,13-14H,1,4-5,9-10H2,(H,18,19)(H,20,22)/t13-,14+/m0/s1. The third kappa shape index (κ3) is 3.05. The number of pyridine rings is 1. The zero-order valence-corrected chi connectivity index (χ0v) is 13.1. The Morgan fingerprint density at radius 1 is 1.33 bits per heavy atom. The number of ether oxygens (including phenoxy) is 2. The molecule has 2 aliphatic heterocycles. The van der Waals surface area contributed by atoms with Crippen LogP contribution < -0.4 is 15.0 Å². The maximum atomic E-state index is 12.4. The molecule has 0 aliphatic carbocycles. The number of H-pyrrole nitrogens is 1. The van der Waals surface area contributed by atoms with Crippen LogP contribution >= 0.6 is 0 Å². The van der Waals surface area contributed by atoms with E-state index in [-0.39, 0.29) is 18.1 Å². The molecule has 2 aromatic rings. The molecule has 2 aromatic heterocycles. The second-order valence-electron chi connectivity index (χ2n) is 5.95. The Morgan fingerprint density at radius 3 is 2.92 bits per heavy atom. The lowest BCUT2D eigenvalue weighted by atomic mass is 10.1. The van der Waals surface area contributed by atoms with Gasteiger partial charge in [0, 0.05) is 19.3 Å². The number of hydrogen-bond acceptors (Lipinski definition) is 6. The van der Waals surface area contributed by atoms with Gasteiger partial charge in [0.1, 0.15) is 11.9 Å². The van der Waals surface area contributed by atoms with Crippen LogP contribution in [-0.2, 0) is 4.74 Å². The lowest BCUT2D eigenvalue weighted by Crippen LogP contribution is -2.45. The van der Waals surface area contributed by atoms with E-state index in [1.165, 1.54) is 6.42 Å². The summed E-state index contributed by atoms with van der Waals surface area (Å²) in [6.45, 7) is 2.92. The predicted molar refractivity (Wildman–Crippen MR) is 86.1 cm³/mol. The fourth-order valence-electron chi connectivity index (χ4n) is 2.77. The van der Waals surface area contributed by atoms with Crippen LogP contribution in [0.15, 0.2) is 30.7 Å². The van der Waals surface area contributed by atoms with Gasteiger partial charge in [-0.1, -0.05) is 0 Å². The van der Waals surface area contributed by atoms with E-state index in [0.29, 0.717) is 24.5 Å². The minimum absolute atomic E-state index is 0.172. The molecular formula is C16H19N5O3. The summed E-state index contributed by atoms with van der Waals surface area (Å²) in [5.74, 6) is 1.38. The second-order valence-corrected chi connectivity index (χ2v) is 5.95. The van der Waals surface area contributed by atoms with Gasteiger partial charge in [0.05, 0.1) is 37.2 Å². The Bertz CT molecular complexity index is 684. The number of nitrogens with one attached hydrogen (secondary N) is 2. The number of nitrogens with zero attached hydrogens (tertiary/aromatic N) is 3. The highest BCUT2D eigenvalue weighted by molar-refractivity contribution is 5.94. The van der Waals surface area contributed by atoms with Crippen molar-refractivity contribution >= 4 is 11.7 Å². The molecule has 0 bridgehead atoms. The molecule has 8 heteroatoms. The first-order chi connectivity index (χ1) is 11.8. The summed E-state index contributed by atoms with van der Waals surface area (Å²) in [7, 11) is 0. The number of aromatic nitrogens is 3. The molecule has 24 heavy (non-hydrogen) atoms. The van der Waals surface area contributed by atoms with Gasteiger partial charge in [-0.25, -0.2) is 4.98 Å². The molecular weight excluding hydrogens is 310 g/mol. The molecule has 4 heterocycles. The monoisotopic (exact) mass is 329 g/mol. The molecule has 0 aromatic carbocycles. The van der Waals surface area contributed by atoms with Crippen molar-refractivity contribution in [3.8, 4) is 5.75 Å². The molecule has 0 unspecified atom stereocenters. The topological polar surface area (TPSA) is 92.4 Å². The quantitative estimate of drug-likeness (QED) is 0.834. The largest absolute Gasteiger partial charge is 0.482 e. The fraction of sp³-hybridized carbons (Fsp3) is 0.438. The van der Waals surface area contributed by atoms with Crippen LogP contribution in [0.1, 0.15) is 16.8 Å². The average Bonchev–Trinajstić information content (AvgIpc) is 3.19. The first-order valence-corrected chi connectivity index (χ1v) is 8.04. The smallest absolute Gasteiger partial charge is 0.253 e. The molecule has 126 valence electrons.